The zero-order chi connectivity index (χ0) is 14.5. The van der Waals surface area contributed by atoms with E-state index in [1.165, 1.54) is 5.56 Å². The van der Waals surface area contributed by atoms with Crippen molar-refractivity contribution in [1.82, 2.24) is 9.97 Å². The summed E-state index contributed by atoms with van der Waals surface area (Å²) in [7, 11) is 0. The number of rotatable bonds is 5. The molecule has 0 spiro atoms. The average molecular weight is 312 g/mol. The fourth-order valence-electron chi connectivity index (χ4n) is 2.25. The largest absolute Gasteiger partial charge is 0.236 e. The van der Waals surface area contributed by atoms with Gasteiger partial charge in [-0.05, 0) is 17.4 Å². The molecule has 0 bridgehead atoms. The maximum absolute atomic E-state index is 4.50. The third kappa shape index (κ3) is 3.39. The van der Waals surface area contributed by atoms with Gasteiger partial charge in [0.2, 0.25) is 0 Å². The quantitative estimate of drug-likeness (QED) is 0.428. The predicted octanol–water partition coefficient (Wildman–Crippen LogP) is 4.44. The fourth-order valence-corrected chi connectivity index (χ4v) is 3.89. The number of para-hydroxylation sites is 1. The number of thiol groups is 1. The molecule has 0 saturated heterocycles. The van der Waals surface area contributed by atoms with E-state index < -0.39 is 0 Å². The highest BCUT2D eigenvalue weighted by atomic mass is 32.2. The molecule has 4 heteroatoms. The molecule has 21 heavy (non-hydrogen) atoms. The number of fused-ring (bicyclic) bond motifs is 1. The Morgan fingerprint density at radius 2 is 1.71 bits per heavy atom. The summed E-state index contributed by atoms with van der Waals surface area (Å²) in [5.41, 5.74) is 2.33. The number of hydrogen-bond donors (Lipinski definition) is 1. The van der Waals surface area contributed by atoms with Gasteiger partial charge < -0.3 is 0 Å². The molecule has 106 valence electrons. The Morgan fingerprint density at radius 3 is 2.52 bits per heavy atom. The standard InChI is InChI=1S/C17H16N2S2/c20-10-14(13-6-2-1-3-7-13)11-21-17-15-8-4-5-9-16(15)18-12-19-17/h1-9,12,14,20H,10-11H2. The van der Waals surface area contributed by atoms with Gasteiger partial charge in [-0.2, -0.15) is 12.6 Å². The van der Waals surface area contributed by atoms with Crippen molar-refractivity contribution in [2.24, 2.45) is 0 Å². The van der Waals surface area contributed by atoms with Crippen LogP contribution < -0.4 is 0 Å². The van der Waals surface area contributed by atoms with Crippen LogP contribution in [0.25, 0.3) is 10.9 Å². The third-order valence-electron chi connectivity index (χ3n) is 3.42. The lowest BCUT2D eigenvalue weighted by atomic mass is 10.0. The van der Waals surface area contributed by atoms with Crippen LogP contribution in [0.5, 0.6) is 0 Å². The lowest BCUT2D eigenvalue weighted by Gasteiger charge is -2.14. The zero-order valence-electron chi connectivity index (χ0n) is 11.5. The van der Waals surface area contributed by atoms with Crippen molar-refractivity contribution in [3.63, 3.8) is 0 Å². The summed E-state index contributed by atoms with van der Waals surface area (Å²) in [6, 6.07) is 18.7. The zero-order valence-corrected chi connectivity index (χ0v) is 13.2. The van der Waals surface area contributed by atoms with Gasteiger partial charge in [-0.25, -0.2) is 9.97 Å². The first-order valence-corrected chi connectivity index (χ1v) is 8.48. The van der Waals surface area contributed by atoms with Crippen LogP contribution in [0.1, 0.15) is 11.5 Å². The highest BCUT2D eigenvalue weighted by molar-refractivity contribution is 7.99. The van der Waals surface area contributed by atoms with Gasteiger partial charge in [0, 0.05) is 17.1 Å². The smallest absolute Gasteiger partial charge is 0.117 e. The summed E-state index contributed by atoms with van der Waals surface area (Å²) >= 11 is 6.28. The number of thioether (sulfide) groups is 1. The van der Waals surface area contributed by atoms with Crippen LogP contribution in [0.15, 0.2) is 66.0 Å². The highest BCUT2D eigenvalue weighted by Crippen LogP contribution is 2.29. The molecule has 1 heterocycles. The first-order chi connectivity index (χ1) is 10.4. The molecule has 2 nitrogen and oxygen atoms in total. The molecular formula is C17H16N2S2. The molecule has 1 atom stereocenters. The van der Waals surface area contributed by atoms with Gasteiger partial charge in [0.25, 0.3) is 0 Å². The van der Waals surface area contributed by atoms with Gasteiger partial charge in [0.15, 0.2) is 0 Å². The summed E-state index contributed by atoms with van der Waals surface area (Å²) in [6.45, 7) is 0. The average Bonchev–Trinajstić information content (AvgIpc) is 2.56. The van der Waals surface area contributed by atoms with Crippen LogP contribution in [0.3, 0.4) is 0 Å². The number of benzene rings is 2. The minimum Gasteiger partial charge on any atom is -0.236 e. The lowest BCUT2D eigenvalue weighted by molar-refractivity contribution is 0.896. The van der Waals surface area contributed by atoms with Crippen molar-refractivity contribution in [2.75, 3.05) is 11.5 Å². The second kappa shape index (κ2) is 6.96. The first kappa shape index (κ1) is 14.4. The van der Waals surface area contributed by atoms with E-state index in [1.807, 2.05) is 24.3 Å². The van der Waals surface area contributed by atoms with E-state index in [0.29, 0.717) is 5.92 Å². The normalized spacial score (nSPS) is 12.4. The molecule has 0 N–H and O–H groups in total. The minimum absolute atomic E-state index is 0.424. The molecule has 0 aliphatic rings. The van der Waals surface area contributed by atoms with Gasteiger partial charge in [-0.15, -0.1) is 11.8 Å². The molecule has 1 unspecified atom stereocenters. The van der Waals surface area contributed by atoms with Crippen LogP contribution in [0.4, 0.5) is 0 Å². The number of aromatic nitrogens is 2. The molecule has 0 aliphatic carbocycles. The minimum atomic E-state index is 0.424. The monoisotopic (exact) mass is 312 g/mol. The Morgan fingerprint density at radius 1 is 0.952 bits per heavy atom. The summed E-state index contributed by atoms with van der Waals surface area (Å²) in [5.74, 6) is 2.22. The Labute approximate surface area is 134 Å². The lowest BCUT2D eigenvalue weighted by Crippen LogP contribution is -2.04. The van der Waals surface area contributed by atoms with Gasteiger partial charge in [-0.1, -0.05) is 48.5 Å². The molecule has 0 radical (unpaired) electrons. The summed E-state index contributed by atoms with van der Waals surface area (Å²) in [4.78, 5) is 8.74. The third-order valence-corrected chi connectivity index (χ3v) is 5.03. The van der Waals surface area contributed by atoms with E-state index in [0.717, 1.165) is 27.4 Å². The van der Waals surface area contributed by atoms with Crippen molar-refractivity contribution >= 4 is 35.3 Å². The summed E-state index contributed by atoms with van der Waals surface area (Å²) in [6.07, 6.45) is 1.64. The second-order valence-electron chi connectivity index (χ2n) is 4.80. The summed E-state index contributed by atoms with van der Waals surface area (Å²) in [5, 5.41) is 2.17. The topological polar surface area (TPSA) is 25.8 Å². The second-order valence-corrected chi connectivity index (χ2v) is 6.17. The maximum atomic E-state index is 4.50. The van der Waals surface area contributed by atoms with Crippen LogP contribution in [0.2, 0.25) is 0 Å². The van der Waals surface area contributed by atoms with E-state index in [4.69, 9.17) is 0 Å². The highest BCUT2D eigenvalue weighted by Gasteiger charge is 2.12. The van der Waals surface area contributed by atoms with Crippen molar-refractivity contribution < 1.29 is 0 Å². The van der Waals surface area contributed by atoms with Gasteiger partial charge in [0.05, 0.1) is 5.52 Å². The van der Waals surface area contributed by atoms with Crippen molar-refractivity contribution in [1.29, 1.82) is 0 Å². The predicted molar refractivity (Wildman–Crippen MR) is 93.3 cm³/mol. The van der Waals surface area contributed by atoms with Crippen molar-refractivity contribution in [3.05, 3.63) is 66.5 Å². The Bertz CT molecular complexity index is 711. The molecule has 3 aromatic rings. The number of nitrogens with zero attached hydrogens (tertiary/aromatic N) is 2. The van der Waals surface area contributed by atoms with Crippen LogP contribution in [0, 0.1) is 0 Å². The van der Waals surface area contributed by atoms with Gasteiger partial charge in [0.1, 0.15) is 11.4 Å². The molecule has 1 aromatic heterocycles. The van der Waals surface area contributed by atoms with E-state index in [2.05, 4.69) is 52.9 Å². The van der Waals surface area contributed by atoms with E-state index in [-0.39, 0.29) is 0 Å². The van der Waals surface area contributed by atoms with Gasteiger partial charge >= 0.3 is 0 Å². The Kier molecular flexibility index (Phi) is 4.78. The van der Waals surface area contributed by atoms with Crippen molar-refractivity contribution in [3.8, 4) is 0 Å². The molecular weight excluding hydrogens is 296 g/mol. The fraction of sp³-hybridized carbons (Fsp3) is 0.176. The molecule has 0 amide bonds. The maximum Gasteiger partial charge on any atom is 0.117 e. The molecule has 0 aliphatic heterocycles. The van der Waals surface area contributed by atoms with Gasteiger partial charge in [-0.3, -0.25) is 0 Å². The van der Waals surface area contributed by atoms with E-state index >= 15 is 0 Å². The van der Waals surface area contributed by atoms with E-state index in [9.17, 15) is 0 Å². The SMILES string of the molecule is SCC(CSc1ncnc2ccccc12)c1ccccc1. The van der Waals surface area contributed by atoms with Crippen LogP contribution >= 0.6 is 24.4 Å². The molecule has 3 rings (SSSR count). The summed E-state index contributed by atoms with van der Waals surface area (Å²) < 4.78 is 0. The Balaban J connectivity index is 1.79. The number of hydrogen-bond acceptors (Lipinski definition) is 4. The van der Waals surface area contributed by atoms with Crippen LogP contribution in [-0.4, -0.2) is 21.5 Å². The molecule has 0 fully saturated rings. The van der Waals surface area contributed by atoms with Crippen LogP contribution in [-0.2, 0) is 0 Å². The Hall–Kier alpha value is -1.52. The van der Waals surface area contributed by atoms with Crippen molar-refractivity contribution in [2.45, 2.75) is 10.9 Å². The first-order valence-electron chi connectivity index (χ1n) is 6.87. The van der Waals surface area contributed by atoms with E-state index in [1.54, 1.807) is 18.1 Å². The molecule has 0 saturated carbocycles. The molecule has 2 aromatic carbocycles.